The fourth-order valence-corrected chi connectivity index (χ4v) is 2.58. The van der Waals surface area contributed by atoms with Crippen molar-refractivity contribution in [1.29, 1.82) is 0 Å². The van der Waals surface area contributed by atoms with Crippen LogP contribution in [0.4, 0.5) is 10.5 Å². The van der Waals surface area contributed by atoms with Crippen LogP contribution in [-0.2, 0) is 0 Å². The number of carbonyl (C=O) groups is 1. The Morgan fingerprint density at radius 2 is 2.12 bits per heavy atom. The van der Waals surface area contributed by atoms with Crippen LogP contribution in [0.15, 0.2) is 28.7 Å². The van der Waals surface area contributed by atoms with Crippen LogP contribution in [0, 0.1) is 13.8 Å². The summed E-state index contributed by atoms with van der Waals surface area (Å²) >= 11 is 5.92. The van der Waals surface area contributed by atoms with Gasteiger partial charge in [0.25, 0.3) is 0 Å². The van der Waals surface area contributed by atoms with E-state index >= 15 is 0 Å². The van der Waals surface area contributed by atoms with E-state index in [9.17, 15) is 9.90 Å². The van der Waals surface area contributed by atoms with Gasteiger partial charge in [-0.05, 0) is 44.5 Å². The monoisotopic (exact) mass is 352 g/mol. The third-order valence-corrected chi connectivity index (χ3v) is 3.79. The van der Waals surface area contributed by atoms with Crippen molar-refractivity contribution in [3.63, 3.8) is 0 Å². The van der Waals surface area contributed by atoms with Crippen LogP contribution in [0.25, 0.3) is 0 Å². The maximum absolute atomic E-state index is 12.0. The van der Waals surface area contributed by atoms with Crippen molar-refractivity contribution in [2.75, 3.05) is 19.0 Å². The Labute approximate surface area is 145 Å². The van der Waals surface area contributed by atoms with Crippen LogP contribution >= 0.6 is 11.6 Å². The van der Waals surface area contributed by atoms with Gasteiger partial charge in [-0.15, -0.1) is 0 Å². The molecule has 1 heterocycles. The number of urea groups is 1. The largest absolute Gasteiger partial charge is 0.495 e. The third kappa shape index (κ3) is 4.66. The summed E-state index contributed by atoms with van der Waals surface area (Å²) in [6.07, 6.45) is -0.316. The van der Waals surface area contributed by atoms with Crippen molar-refractivity contribution < 1.29 is 19.1 Å². The van der Waals surface area contributed by atoms with Gasteiger partial charge in [-0.3, -0.25) is 0 Å². The molecule has 24 heavy (non-hydrogen) atoms. The summed E-state index contributed by atoms with van der Waals surface area (Å²) in [5.74, 6) is 1.95. The van der Waals surface area contributed by atoms with Crippen molar-refractivity contribution in [1.82, 2.24) is 5.32 Å². The van der Waals surface area contributed by atoms with E-state index in [-0.39, 0.29) is 0 Å². The minimum absolute atomic E-state index is 0.305. The van der Waals surface area contributed by atoms with E-state index in [1.165, 1.54) is 7.11 Å². The number of rotatable bonds is 6. The Balaban J connectivity index is 1.85. The summed E-state index contributed by atoms with van der Waals surface area (Å²) in [4.78, 5) is 12.0. The van der Waals surface area contributed by atoms with Gasteiger partial charge in [-0.25, -0.2) is 4.79 Å². The Hall–Kier alpha value is -2.18. The zero-order valence-electron chi connectivity index (χ0n) is 13.9. The highest BCUT2D eigenvalue weighted by Crippen LogP contribution is 2.27. The van der Waals surface area contributed by atoms with Crippen LogP contribution < -0.4 is 15.4 Å². The number of aliphatic hydroxyl groups is 1. The molecule has 2 rings (SSSR count). The number of hydrogen-bond acceptors (Lipinski definition) is 4. The second-order valence-corrected chi connectivity index (χ2v) is 5.83. The Morgan fingerprint density at radius 3 is 2.75 bits per heavy atom. The van der Waals surface area contributed by atoms with Gasteiger partial charge in [0.2, 0.25) is 0 Å². The zero-order chi connectivity index (χ0) is 17.7. The van der Waals surface area contributed by atoms with Gasteiger partial charge in [0.15, 0.2) is 0 Å². The highest BCUT2D eigenvalue weighted by Gasteiger charge is 2.15. The fraction of sp³-hybridized carbons (Fsp3) is 0.353. The summed E-state index contributed by atoms with van der Waals surface area (Å²) in [6.45, 7) is 3.93. The van der Waals surface area contributed by atoms with E-state index in [0.29, 0.717) is 35.2 Å². The van der Waals surface area contributed by atoms with Crippen LogP contribution in [0.5, 0.6) is 5.75 Å². The summed E-state index contributed by atoms with van der Waals surface area (Å²) in [7, 11) is 1.51. The first-order valence-electron chi connectivity index (χ1n) is 7.54. The molecule has 0 fully saturated rings. The van der Waals surface area contributed by atoms with Gasteiger partial charge < -0.3 is 24.9 Å². The highest BCUT2D eigenvalue weighted by molar-refractivity contribution is 6.31. The molecule has 0 spiro atoms. The molecule has 0 bridgehead atoms. The first kappa shape index (κ1) is 18.2. The molecule has 0 saturated carbocycles. The van der Waals surface area contributed by atoms with E-state index in [1.807, 2.05) is 6.92 Å². The molecule has 3 N–H and O–H groups in total. The first-order valence-corrected chi connectivity index (χ1v) is 7.92. The molecule has 0 aliphatic carbocycles. The van der Waals surface area contributed by atoms with E-state index in [1.54, 1.807) is 31.2 Å². The van der Waals surface area contributed by atoms with Crippen LogP contribution in [0.1, 0.15) is 29.6 Å². The smallest absolute Gasteiger partial charge is 0.319 e. The van der Waals surface area contributed by atoms with Crippen molar-refractivity contribution in [3.05, 3.63) is 46.4 Å². The van der Waals surface area contributed by atoms with Crippen molar-refractivity contribution in [2.45, 2.75) is 26.4 Å². The number of carbonyl (C=O) groups excluding carboxylic acids is 1. The number of nitrogens with one attached hydrogen (secondary N) is 2. The molecule has 0 aliphatic heterocycles. The number of furan rings is 1. The number of aliphatic hydroxyl groups excluding tert-OH is 1. The lowest BCUT2D eigenvalue weighted by atomic mass is 10.1. The molecule has 0 radical (unpaired) electrons. The summed E-state index contributed by atoms with van der Waals surface area (Å²) < 4.78 is 10.6. The van der Waals surface area contributed by atoms with Crippen molar-refractivity contribution in [3.8, 4) is 5.75 Å². The standard InChI is InChI=1S/C17H21ClN2O4/c1-10-8-13(11(2)24-10)15(21)6-7-19-17(22)20-14-9-12(18)4-5-16(14)23-3/h4-5,8-9,15,21H,6-7H2,1-3H3,(H2,19,20,22). The zero-order valence-corrected chi connectivity index (χ0v) is 14.6. The average molecular weight is 353 g/mol. The van der Waals surface area contributed by atoms with Crippen LogP contribution in [-0.4, -0.2) is 24.8 Å². The van der Waals surface area contributed by atoms with E-state index in [0.717, 1.165) is 11.3 Å². The van der Waals surface area contributed by atoms with Crippen LogP contribution in [0.2, 0.25) is 5.02 Å². The number of aryl methyl sites for hydroxylation is 2. The number of benzene rings is 1. The van der Waals surface area contributed by atoms with Crippen molar-refractivity contribution in [2.24, 2.45) is 0 Å². The molecule has 6 nitrogen and oxygen atoms in total. The Bertz CT molecular complexity index is 715. The maximum Gasteiger partial charge on any atom is 0.319 e. The molecule has 7 heteroatoms. The summed E-state index contributed by atoms with van der Waals surface area (Å²) in [6, 6.07) is 6.35. The molecule has 1 atom stereocenters. The van der Waals surface area contributed by atoms with Gasteiger partial charge >= 0.3 is 6.03 Å². The predicted octanol–water partition coefficient (Wildman–Crippen LogP) is 3.80. The number of anilines is 1. The van der Waals surface area contributed by atoms with Gasteiger partial charge in [0.05, 0.1) is 18.9 Å². The predicted molar refractivity (Wildman–Crippen MR) is 92.8 cm³/mol. The minimum atomic E-state index is -0.691. The topological polar surface area (TPSA) is 83.7 Å². The minimum Gasteiger partial charge on any atom is -0.495 e. The molecular formula is C17H21ClN2O4. The van der Waals surface area contributed by atoms with Gasteiger partial charge in [0, 0.05) is 17.1 Å². The molecule has 1 unspecified atom stereocenters. The average Bonchev–Trinajstić information content (AvgIpc) is 2.86. The lowest BCUT2D eigenvalue weighted by Crippen LogP contribution is -2.30. The summed E-state index contributed by atoms with van der Waals surface area (Å²) in [5.41, 5.74) is 1.22. The molecule has 1 aromatic carbocycles. The Morgan fingerprint density at radius 1 is 1.38 bits per heavy atom. The molecule has 1 aromatic heterocycles. The number of halogens is 1. The second-order valence-electron chi connectivity index (χ2n) is 5.40. The highest BCUT2D eigenvalue weighted by atomic mass is 35.5. The second kappa shape index (κ2) is 8.08. The summed E-state index contributed by atoms with van der Waals surface area (Å²) in [5, 5.41) is 16.0. The quantitative estimate of drug-likeness (QED) is 0.738. The molecule has 0 saturated heterocycles. The molecular weight excluding hydrogens is 332 g/mol. The number of methoxy groups -OCH3 is 1. The normalized spacial score (nSPS) is 11.9. The van der Waals surface area contributed by atoms with E-state index in [2.05, 4.69) is 10.6 Å². The first-order chi connectivity index (χ1) is 11.4. The molecule has 0 aliphatic rings. The Kier molecular flexibility index (Phi) is 6.11. The maximum atomic E-state index is 12.0. The van der Waals surface area contributed by atoms with Crippen LogP contribution in [0.3, 0.4) is 0 Å². The number of hydrogen-bond donors (Lipinski definition) is 3. The van der Waals surface area contributed by atoms with Crippen molar-refractivity contribution >= 4 is 23.3 Å². The molecule has 2 amide bonds. The molecule has 2 aromatic rings. The van der Waals surface area contributed by atoms with Gasteiger partial charge in [0.1, 0.15) is 17.3 Å². The van der Waals surface area contributed by atoms with Gasteiger partial charge in [-0.2, -0.15) is 0 Å². The third-order valence-electron chi connectivity index (χ3n) is 3.55. The SMILES string of the molecule is COc1ccc(Cl)cc1NC(=O)NCCC(O)c1cc(C)oc1C. The van der Waals surface area contributed by atoms with E-state index in [4.69, 9.17) is 20.8 Å². The fourth-order valence-electron chi connectivity index (χ4n) is 2.40. The van der Waals surface area contributed by atoms with Gasteiger partial charge in [-0.1, -0.05) is 11.6 Å². The van der Waals surface area contributed by atoms with E-state index < -0.39 is 12.1 Å². The number of ether oxygens (including phenoxy) is 1. The number of amides is 2. The lowest BCUT2D eigenvalue weighted by Gasteiger charge is -2.13. The lowest BCUT2D eigenvalue weighted by molar-refractivity contribution is 0.165. The molecule has 130 valence electrons.